The lowest BCUT2D eigenvalue weighted by Gasteiger charge is -2.07. The highest BCUT2D eigenvalue weighted by atomic mass is 19.1. The Bertz CT molecular complexity index is 521. The highest BCUT2D eigenvalue weighted by Gasteiger charge is 2.11. The van der Waals surface area contributed by atoms with Gasteiger partial charge in [-0.2, -0.15) is 0 Å². The molecule has 4 heteroatoms. The average Bonchev–Trinajstić information content (AvgIpc) is 2.37. The van der Waals surface area contributed by atoms with Crippen molar-refractivity contribution in [1.29, 1.82) is 0 Å². The van der Waals surface area contributed by atoms with Crippen molar-refractivity contribution in [2.75, 3.05) is 6.54 Å². The van der Waals surface area contributed by atoms with Crippen LogP contribution in [0.1, 0.15) is 12.5 Å². The summed E-state index contributed by atoms with van der Waals surface area (Å²) < 4.78 is 27.3. The molecule has 0 aliphatic rings. The van der Waals surface area contributed by atoms with Crippen LogP contribution in [0.2, 0.25) is 0 Å². The molecule has 0 aliphatic carbocycles. The van der Waals surface area contributed by atoms with Crippen molar-refractivity contribution in [2.45, 2.75) is 13.5 Å². The van der Waals surface area contributed by atoms with Crippen LogP contribution in [0.4, 0.5) is 8.78 Å². The van der Waals surface area contributed by atoms with Crippen LogP contribution in [-0.4, -0.2) is 11.5 Å². The fraction of sp³-hybridized carbons (Fsp3) is 0.214. The van der Waals surface area contributed by atoms with Gasteiger partial charge in [-0.25, -0.2) is 8.78 Å². The van der Waals surface area contributed by atoms with E-state index in [1.54, 1.807) is 12.3 Å². The van der Waals surface area contributed by atoms with Crippen LogP contribution in [0, 0.1) is 11.6 Å². The molecule has 2 aromatic rings. The summed E-state index contributed by atoms with van der Waals surface area (Å²) in [6, 6.07) is 5.59. The van der Waals surface area contributed by atoms with E-state index in [2.05, 4.69) is 10.3 Å². The van der Waals surface area contributed by atoms with Gasteiger partial charge >= 0.3 is 0 Å². The normalized spacial score (nSPS) is 10.6. The topological polar surface area (TPSA) is 24.9 Å². The zero-order valence-electron chi connectivity index (χ0n) is 10.1. The van der Waals surface area contributed by atoms with Crippen molar-refractivity contribution >= 4 is 0 Å². The Labute approximate surface area is 105 Å². The Balaban J connectivity index is 2.38. The molecule has 0 spiro atoms. The molecule has 0 aliphatic heterocycles. The fourth-order valence-electron chi connectivity index (χ4n) is 1.76. The minimum atomic E-state index is -0.572. The minimum absolute atomic E-state index is 0.0247. The molecule has 94 valence electrons. The second-order valence-electron chi connectivity index (χ2n) is 3.96. The number of hydrogen-bond donors (Lipinski definition) is 1. The van der Waals surface area contributed by atoms with E-state index in [-0.39, 0.29) is 5.56 Å². The molecule has 0 saturated carbocycles. The molecule has 18 heavy (non-hydrogen) atoms. The zero-order valence-corrected chi connectivity index (χ0v) is 10.1. The maximum Gasteiger partial charge on any atom is 0.134 e. The van der Waals surface area contributed by atoms with Gasteiger partial charge in [0.1, 0.15) is 11.6 Å². The van der Waals surface area contributed by atoms with Gasteiger partial charge in [-0.1, -0.05) is 13.0 Å². The van der Waals surface area contributed by atoms with Crippen molar-refractivity contribution in [3.63, 3.8) is 0 Å². The van der Waals surface area contributed by atoms with Crippen molar-refractivity contribution in [2.24, 2.45) is 0 Å². The lowest BCUT2D eigenvalue weighted by atomic mass is 10.0. The van der Waals surface area contributed by atoms with Gasteiger partial charge < -0.3 is 5.32 Å². The molecule has 1 aromatic heterocycles. The van der Waals surface area contributed by atoms with Crippen LogP contribution in [0.25, 0.3) is 11.1 Å². The lowest BCUT2D eigenvalue weighted by molar-refractivity contribution is 0.589. The standard InChI is InChI=1S/C14H14F2N2/c1-2-17-7-10-6-11(9-18-8-10)14-12(15)4-3-5-13(14)16/h3-6,8-9,17H,2,7H2,1H3. The summed E-state index contributed by atoms with van der Waals surface area (Å²) in [5.74, 6) is -1.14. The quantitative estimate of drug-likeness (QED) is 0.899. The maximum absolute atomic E-state index is 13.6. The zero-order chi connectivity index (χ0) is 13.0. The average molecular weight is 248 g/mol. The maximum atomic E-state index is 13.6. The Hall–Kier alpha value is -1.81. The van der Waals surface area contributed by atoms with E-state index < -0.39 is 11.6 Å². The van der Waals surface area contributed by atoms with Gasteiger partial charge in [-0.05, 0) is 30.3 Å². The Morgan fingerprint density at radius 1 is 1.17 bits per heavy atom. The lowest BCUT2D eigenvalue weighted by Crippen LogP contribution is -2.11. The van der Waals surface area contributed by atoms with E-state index in [0.29, 0.717) is 12.1 Å². The highest BCUT2D eigenvalue weighted by molar-refractivity contribution is 5.64. The third-order valence-corrected chi connectivity index (χ3v) is 2.63. The van der Waals surface area contributed by atoms with Crippen molar-refractivity contribution in [3.8, 4) is 11.1 Å². The SMILES string of the molecule is CCNCc1cncc(-c2c(F)cccc2F)c1. The monoisotopic (exact) mass is 248 g/mol. The summed E-state index contributed by atoms with van der Waals surface area (Å²) in [5.41, 5.74) is 1.33. The first-order valence-corrected chi connectivity index (χ1v) is 5.81. The van der Waals surface area contributed by atoms with Crippen LogP contribution < -0.4 is 5.32 Å². The third-order valence-electron chi connectivity index (χ3n) is 2.63. The van der Waals surface area contributed by atoms with Crippen molar-refractivity contribution in [1.82, 2.24) is 10.3 Å². The van der Waals surface area contributed by atoms with Crippen LogP contribution in [-0.2, 0) is 6.54 Å². The van der Waals surface area contributed by atoms with Crippen molar-refractivity contribution < 1.29 is 8.78 Å². The predicted molar refractivity (Wildman–Crippen MR) is 67.0 cm³/mol. The molecule has 0 bridgehead atoms. The smallest absolute Gasteiger partial charge is 0.134 e. The second kappa shape index (κ2) is 5.69. The van der Waals surface area contributed by atoms with Crippen LogP contribution >= 0.6 is 0 Å². The van der Waals surface area contributed by atoms with Gasteiger partial charge in [-0.15, -0.1) is 0 Å². The fourth-order valence-corrected chi connectivity index (χ4v) is 1.76. The summed E-state index contributed by atoms with van der Waals surface area (Å²) in [4.78, 5) is 4.02. The Morgan fingerprint density at radius 3 is 2.56 bits per heavy atom. The first-order valence-electron chi connectivity index (χ1n) is 5.81. The largest absolute Gasteiger partial charge is 0.313 e. The molecule has 0 fully saturated rings. The second-order valence-corrected chi connectivity index (χ2v) is 3.96. The molecule has 1 aromatic carbocycles. The molecular weight excluding hydrogens is 234 g/mol. The van der Waals surface area contributed by atoms with Gasteiger partial charge in [0.25, 0.3) is 0 Å². The Morgan fingerprint density at radius 2 is 1.89 bits per heavy atom. The number of pyridine rings is 1. The summed E-state index contributed by atoms with van der Waals surface area (Å²) in [6.07, 6.45) is 3.15. The van der Waals surface area contributed by atoms with Crippen molar-refractivity contribution in [3.05, 3.63) is 53.9 Å². The minimum Gasteiger partial charge on any atom is -0.313 e. The molecule has 2 rings (SSSR count). The third kappa shape index (κ3) is 2.71. The summed E-state index contributed by atoms with van der Waals surface area (Å²) in [7, 11) is 0. The highest BCUT2D eigenvalue weighted by Crippen LogP contribution is 2.25. The summed E-state index contributed by atoms with van der Waals surface area (Å²) in [6.45, 7) is 3.46. The first-order chi connectivity index (χ1) is 8.72. The van der Waals surface area contributed by atoms with E-state index in [0.717, 1.165) is 12.1 Å². The van der Waals surface area contributed by atoms with Gasteiger partial charge in [0.2, 0.25) is 0 Å². The number of rotatable bonds is 4. The molecular formula is C14H14F2N2. The molecule has 2 nitrogen and oxygen atoms in total. The number of aromatic nitrogens is 1. The number of nitrogens with zero attached hydrogens (tertiary/aromatic N) is 1. The van der Waals surface area contributed by atoms with Crippen LogP contribution in [0.3, 0.4) is 0 Å². The predicted octanol–water partition coefficient (Wildman–Crippen LogP) is 3.14. The first kappa shape index (κ1) is 12.6. The number of hydrogen-bond acceptors (Lipinski definition) is 2. The van der Waals surface area contributed by atoms with Crippen LogP contribution in [0.15, 0.2) is 36.7 Å². The summed E-state index contributed by atoms with van der Waals surface area (Å²) >= 11 is 0. The summed E-state index contributed by atoms with van der Waals surface area (Å²) in [5, 5.41) is 3.14. The van der Waals surface area contributed by atoms with Crippen LogP contribution in [0.5, 0.6) is 0 Å². The number of nitrogens with one attached hydrogen (secondary N) is 1. The number of halogens is 2. The van der Waals surface area contributed by atoms with E-state index in [1.165, 1.54) is 24.4 Å². The number of benzene rings is 1. The van der Waals surface area contributed by atoms with Gasteiger partial charge in [0.15, 0.2) is 0 Å². The Kier molecular flexibility index (Phi) is 3.99. The molecule has 0 atom stereocenters. The van der Waals surface area contributed by atoms with Gasteiger partial charge in [0, 0.05) is 24.5 Å². The molecule has 0 radical (unpaired) electrons. The van der Waals surface area contributed by atoms with E-state index >= 15 is 0 Å². The molecule has 0 amide bonds. The van der Waals surface area contributed by atoms with E-state index in [9.17, 15) is 8.78 Å². The van der Waals surface area contributed by atoms with E-state index in [4.69, 9.17) is 0 Å². The molecule has 1 N–H and O–H groups in total. The molecule has 0 unspecified atom stereocenters. The van der Waals surface area contributed by atoms with Gasteiger partial charge in [-0.3, -0.25) is 4.98 Å². The molecule has 1 heterocycles. The molecule has 0 saturated heterocycles. The van der Waals surface area contributed by atoms with Gasteiger partial charge in [0.05, 0.1) is 5.56 Å². The van der Waals surface area contributed by atoms with E-state index in [1.807, 2.05) is 6.92 Å².